The summed E-state index contributed by atoms with van der Waals surface area (Å²) in [6.45, 7) is 0.518. The molecule has 0 amide bonds. The van der Waals surface area contributed by atoms with Crippen LogP contribution in [0, 0.1) is 11.8 Å². The van der Waals surface area contributed by atoms with E-state index in [4.69, 9.17) is 44.8 Å². The zero-order valence-corrected chi connectivity index (χ0v) is 19.4. The van der Waals surface area contributed by atoms with Crippen LogP contribution in [0.25, 0.3) is 0 Å². The van der Waals surface area contributed by atoms with E-state index in [0.29, 0.717) is 24.5 Å². The number of fused-ring (bicyclic) bond motifs is 3. The predicted molar refractivity (Wildman–Crippen MR) is 118 cm³/mol. The molecule has 0 aromatic heterocycles. The third kappa shape index (κ3) is 3.83. The van der Waals surface area contributed by atoms with Crippen LogP contribution in [0.2, 0.25) is 0 Å². The molecule has 1 saturated heterocycles. The molecule has 180 valence electrons. The third-order valence-corrected chi connectivity index (χ3v) is 6.51. The number of halogens is 1. The Morgan fingerprint density at radius 1 is 1.06 bits per heavy atom. The molecule has 0 saturated carbocycles. The number of hydrogen-bond donors (Lipinski definition) is 0. The predicted octanol–water partition coefficient (Wildman–Crippen LogP) is 3.66. The zero-order valence-electron chi connectivity index (χ0n) is 18.6. The quantitative estimate of drug-likeness (QED) is 0.341. The van der Waals surface area contributed by atoms with Gasteiger partial charge < -0.3 is 33.2 Å². The average Bonchev–Trinajstić information content (AvgIpc) is 3.45. The van der Waals surface area contributed by atoms with Crippen molar-refractivity contribution < 1.29 is 42.7 Å². The van der Waals surface area contributed by atoms with Crippen molar-refractivity contribution in [2.24, 2.45) is 11.8 Å². The second-order valence-electron chi connectivity index (χ2n) is 8.15. The van der Waals surface area contributed by atoms with E-state index in [-0.39, 0.29) is 60.3 Å². The Bertz CT molecular complexity index is 1110. The lowest BCUT2D eigenvalue weighted by molar-refractivity contribution is -0.141. The van der Waals surface area contributed by atoms with E-state index in [1.807, 2.05) is 12.1 Å². The van der Waals surface area contributed by atoms with Gasteiger partial charge in [0.15, 0.2) is 23.0 Å². The van der Waals surface area contributed by atoms with E-state index in [1.165, 1.54) is 14.2 Å². The molecule has 1 aliphatic carbocycles. The minimum Gasteiger partial charge on any atom is -0.493 e. The molecular weight excluding hydrogens is 468 g/mol. The molecule has 0 bridgehead atoms. The second kappa shape index (κ2) is 9.13. The van der Waals surface area contributed by atoms with Crippen molar-refractivity contribution >= 4 is 23.7 Å². The number of rotatable bonds is 6. The number of carbonyl (C=O) groups excluding carboxylic acids is 2. The smallest absolute Gasteiger partial charge is 0.493 e. The van der Waals surface area contributed by atoms with Crippen LogP contribution in [-0.2, 0) is 20.7 Å². The number of methoxy groups -OCH3 is 2. The van der Waals surface area contributed by atoms with Crippen molar-refractivity contribution in [3.8, 4) is 28.7 Å². The summed E-state index contributed by atoms with van der Waals surface area (Å²) in [6, 6.07) is 7.37. The molecular formula is C24H23ClO9. The van der Waals surface area contributed by atoms with Crippen LogP contribution >= 0.6 is 11.6 Å². The standard InChI is InChI=1S/C24H23ClO9/c1-28-18-7-13(8-19(29-2)22(18)34-24(27)30-4-3-25)20-15-9-17-16(32-11-33-17)6-12(15)5-14-10-31-23(26)21(14)20/h6-9,14,20-21H,3-5,10-11H2,1-2H3/t14-,20+,21-/m0/s1. The van der Waals surface area contributed by atoms with Crippen LogP contribution in [0.1, 0.15) is 22.6 Å². The molecule has 34 heavy (non-hydrogen) atoms. The van der Waals surface area contributed by atoms with Gasteiger partial charge in [-0.15, -0.1) is 11.6 Å². The fourth-order valence-electron chi connectivity index (χ4n) is 4.92. The molecule has 0 N–H and O–H groups in total. The molecule has 1 fully saturated rings. The summed E-state index contributed by atoms with van der Waals surface area (Å²) >= 11 is 5.57. The second-order valence-corrected chi connectivity index (χ2v) is 8.52. The van der Waals surface area contributed by atoms with Gasteiger partial charge in [-0.1, -0.05) is 0 Å². The van der Waals surface area contributed by atoms with Crippen molar-refractivity contribution in [3.05, 3.63) is 41.0 Å². The fourth-order valence-corrected chi connectivity index (χ4v) is 5.00. The van der Waals surface area contributed by atoms with E-state index in [2.05, 4.69) is 0 Å². The largest absolute Gasteiger partial charge is 0.514 e. The minimum absolute atomic E-state index is 0.00322. The van der Waals surface area contributed by atoms with E-state index < -0.39 is 6.16 Å². The Morgan fingerprint density at radius 2 is 1.76 bits per heavy atom. The number of hydrogen-bond acceptors (Lipinski definition) is 9. The van der Waals surface area contributed by atoms with E-state index in [0.717, 1.165) is 16.7 Å². The van der Waals surface area contributed by atoms with Gasteiger partial charge in [-0.25, -0.2) is 4.79 Å². The van der Waals surface area contributed by atoms with Gasteiger partial charge in [-0.3, -0.25) is 4.79 Å². The van der Waals surface area contributed by atoms with Gasteiger partial charge in [0.05, 0.1) is 32.6 Å². The number of ether oxygens (including phenoxy) is 7. The molecule has 3 atom stereocenters. The van der Waals surface area contributed by atoms with Crippen molar-refractivity contribution in [2.75, 3.05) is 40.1 Å². The normalized spacial score (nSPS) is 21.9. The van der Waals surface area contributed by atoms with Crippen molar-refractivity contribution in [1.82, 2.24) is 0 Å². The van der Waals surface area contributed by atoms with Gasteiger partial charge in [0, 0.05) is 11.8 Å². The van der Waals surface area contributed by atoms with Crippen LogP contribution in [-0.4, -0.2) is 52.2 Å². The highest BCUT2D eigenvalue weighted by molar-refractivity contribution is 6.18. The summed E-state index contributed by atoms with van der Waals surface area (Å²) in [7, 11) is 2.91. The van der Waals surface area contributed by atoms with Gasteiger partial charge >= 0.3 is 12.1 Å². The molecule has 9 nitrogen and oxygen atoms in total. The first kappa shape index (κ1) is 22.5. The molecule has 10 heteroatoms. The first-order chi connectivity index (χ1) is 16.5. The monoisotopic (exact) mass is 490 g/mol. The molecule has 0 unspecified atom stereocenters. The molecule has 5 rings (SSSR count). The topological polar surface area (TPSA) is 98.8 Å². The van der Waals surface area contributed by atoms with Crippen LogP contribution < -0.4 is 23.7 Å². The maximum Gasteiger partial charge on any atom is 0.514 e. The Balaban J connectivity index is 1.60. The summed E-state index contributed by atoms with van der Waals surface area (Å²) in [5, 5.41) is 0. The molecule has 2 aliphatic heterocycles. The van der Waals surface area contributed by atoms with Gasteiger partial charge in [-0.2, -0.15) is 0 Å². The van der Waals surface area contributed by atoms with Crippen molar-refractivity contribution in [1.29, 1.82) is 0 Å². The first-order valence-corrected chi connectivity index (χ1v) is 11.3. The molecule has 2 aromatic carbocycles. The fraction of sp³-hybridized carbons (Fsp3) is 0.417. The summed E-state index contributed by atoms with van der Waals surface area (Å²) in [6.07, 6.45) is -0.235. The number of carbonyl (C=O) groups is 2. The lowest BCUT2D eigenvalue weighted by Crippen LogP contribution is -2.31. The SMILES string of the molecule is COc1cc([C@@H]2c3cc4c(cc3C[C@H]3COC(=O)[C@@H]32)OCO4)cc(OC)c1OC(=O)OCCCl. The van der Waals surface area contributed by atoms with Crippen molar-refractivity contribution in [2.45, 2.75) is 12.3 Å². The number of esters is 1. The highest BCUT2D eigenvalue weighted by atomic mass is 35.5. The highest BCUT2D eigenvalue weighted by Gasteiger charge is 2.48. The minimum atomic E-state index is -0.930. The van der Waals surface area contributed by atoms with Gasteiger partial charge in [0.25, 0.3) is 0 Å². The van der Waals surface area contributed by atoms with E-state index >= 15 is 0 Å². The summed E-state index contributed by atoms with van der Waals surface area (Å²) in [4.78, 5) is 24.9. The van der Waals surface area contributed by atoms with Crippen LogP contribution in [0.4, 0.5) is 4.79 Å². The summed E-state index contributed by atoms with van der Waals surface area (Å²) in [5.74, 6) is 1.08. The summed E-state index contributed by atoms with van der Waals surface area (Å²) < 4.78 is 37.9. The molecule has 3 aliphatic rings. The average molecular weight is 491 g/mol. The van der Waals surface area contributed by atoms with Crippen LogP contribution in [0.3, 0.4) is 0 Å². The van der Waals surface area contributed by atoms with Crippen LogP contribution in [0.5, 0.6) is 28.7 Å². The molecule has 0 spiro atoms. The van der Waals surface area contributed by atoms with E-state index in [1.54, 1.807) is 12.1 Å². The maximum absolute atomic E-state index is 12.8. The number of benzene rings is 2. The maximum atomic E-state index is 12.8. The number of cyclic esters (lactones) is 1. The Kier molecular flexibility index (Phi) is 6.03. The highest BCUT2D eigenvalue weighted by Crippen LogP contribution is 2.52. The zero-order chi connectivity index (χ0) is 23.8. The Hall–Kier alpha value is -3.33. The first-order valence-electron chi connectivity index (χ1n) is 10.8. The molecule has 0 radical (unpaired) electrons. The number of alkyl halides is 1. The van der Waals surface area contributed by atoms with Gasteiger partial charge in [0.1, 0.15) is 6.61 Å². The van der Waals surface area contributed by atoms with Gasteiger partial charge in [-0.05, 0) is 47.4 Å². The Labute approximate surface area is 200 Å². The third-order valence-electron chi connectivity index (χ3n) is 6.35. The van der Waals surface area contributed by atoms with Gasteiger partial charge in [0.2, 0.25) is 12.5 Å². The van der Waals surface area contributed by atoms with Crippen molar-refractivity contribution in [3.63, 3.8) is 0 Å². The van der Waals surface area contributed by atoms with Crippen LogP contribution in [0.15, 0.2) is 24.3 Å². The lowest BCUT2D eigenvalue weighted by atomic mass is 9.67. The molecule has 2 aromatic rings. The lowest BCUT2D eigenvalue weighted by Gasteiger charge is -2.34. The summed E-state index contributed by atoms with van der Waals surface area (Å²) in [5.41, 5.74) is 2.77. The molecule has 2 heterocycles. The Morgan fingerprint density at radius 3 is 2.44 bits per heavy atom. The van der Waals surface area contributed by atoms with E-state index in [9.17, 15) is 9.59 Å².